The van der Waals surface area contributed by atoms with Crippen molar-refractivity contribution in [1.82, 2.24) is 4.98 Å². The van der Waals surface area contributed by atoms with Gasteiger partial charge in [-0.3, -0.25) is 9.78 Å². The van der Waals surface area contributed by atoms with Crippen LogP contribution in [0.5, 0.6) is 0 Å². The zero-order valence-corrected chi connectivity index (χ0v) is 11.0. The highest BCUT2D eigenvalue weighted by Crippen LogP contribution is 2.18. The Morgan fingerprint density at radius 3 is 2.75 bits per heavy atom. The third-order valence-electron chi connectivity index (χ3n) is 2.83. The standard InChI is InChI=1S/C15H16FN3O/c16-12-5-3-6-13(11-12)19(10-4-8-17)15(20)14-7-1-2-9-18-14/h1-3,5-7,9,11H,4,8,10,17H2. The molecule has 0 atom stereocenters. The Morgan fingerprint density at radius 1 is 1.25 bits per heavy atom. The molecule has 2 N–H and O–H groups in total. The van der Waals surface area contributed by atoms with Crippen molar-refractivity contribution < 1.29 is 9.18 Å². The van der Waals surface area contributed by atoms with Gasteiger partial charge in [-0.25, -0.2) is 4.39 Å². The quantitative estimate of drug-likeness (QED) is 0.908. The van der Waals surface area contributed by atoms with E-state index in [1.54, 1.807) is 36.5 Å². The molecule has 0 saturated carbocycles. The Hall–Kier alpha value is -2.27. The van der Waals surface area contributed by atoms with Crippen LogP contribution in [0.3, 0.4) is 0 Å². The van der Waals surface area contributed by atoms with Gasteiger partial charge in [-0.15, -0.1) is 0 Å². The molecule has 1 aromatic heterocycles. The largest absolute Gasteiger partial charge is 0.330 e. The summed E-state index contributed by atoms with van der Waals surface area (Å²) >= 11 is 0. The molecule has 0 radical (unpaired) electrons. The van der Waals surface area contributed by atoms with Crippen LogP contribution in [0.4, 0.5) is 10.1 Å². The molecule has 1 heterocycles. The van der Waals surface area contributed by atoms with Gasteiger partial charge in [0.1, 0.15) is 11.5 Å². The average Bonchev–Trinajstić information content (AvgIpc) is 2.48. The van der Waals surface area contributed by atoms with Crippen LogP contribution in [0, 0.1) is 5.82 Å². The van der Waals surface area contributed by atoms with Crippen molar-refractivity contribution in [2.24, 2.45) is 5.73 Å². The van der Waals surface area contributed by atoms with Gasteiger partial charge in [-0.1, -0.05) is 12.1 Å². The molecule has 1 amide bonds. The van der Waals surface area contributed by atoms with E-state index in [9.17, 15) is 9.18 Å². The predicted octanol–water partition coefficient (Wildman–Crippen LogP) is 2.22. The number of hydrogen-bond acceptors (Lipinski definition) is 3. The van der Waals surface area contributed by atoms with Gasteiger partial charge in [0.2, 0.25) is 0 Å². The molecule has 0 aliphatic heterocycles. The molecule has 0 aliphatic rings. The van der Waals surface area contributed by atoms with E-state index in [0.29, 0.717) is 30.9 Å². The number of aromatic nitrogens is 1. The molecule has 0 bridgehead atoms. The summed E-state index contributed by atoms with van der Waals surface area (Å²) in [5.41, 5.74) is 6.33. The molecule has 0 fully saturated rings. The van der Waals surface area contributed by atoms with Crippen LogP contribution < -0.4 is 10.6 Å². The highest BCUT2D eigenvalue weighted by molar-refractivity contribution is 6.04. The highest BCUT2D eigenvalue weighted by atomic mass is 19.1. The van der Waals surface area contributed by atoms with Gasteiger partial charge >= 0.3 is 0 Å². The van der Waals surface area contributed by atoms with E-state index < -0.39 is 0 Å². The molecule has 0 aliphatic carbocycles. The number of benzene rings is 1. The summed E-state index contributed by atoms with van der Waals surface area (Å²) in [6.07, 6.45) is 2.19. The maximum Gasteiger partial charge on any atom is 0.276 e. The van der Waals surface area contributed by atoms with Crippen molar-refractivity contribution in [3.8, 4) is 0 Å². The van der Waals surface area contributed by atoms with Gasteiger partial charge < -0.3 is 10.6 Å². The molecule has 104 valence electrons. The summed E-state index contributed by atoms with van der Waals surface area (Å²) in [5, 5.41) is 0. The Kier molecular flexibility index (Phi) is 4.79. The molecule has 0 spiro atoms. The third-order valence-corrected chi connectivity index (χ3v) is 2.83. The first-order valence-electron chi connectivity index (χ1n) is 6.41. The first kappa shape index (κ1) is 14.1. The minimum Gasteiger partial charge on any atom is -0.330 e. The van der Waals surface area contributed by atoms with Crippen molar-refractivity contribution in [3.05, 3.63) is 60.2 Å². The third kappa shape index (κ3) is 3.39. The number of carbonyl (C=O) groups is 1. The molecule has 2 rings (SSSR count). The Labute approximate surface area is 117 Å². The summed E-state index contributed by atoms with van der Waals surface area (Å²) in [7, 11) is 0. The van der Waals surface area contributed by atoms with Crippen LogP contribution in [0.1, 0.15) is 16.9 Å². The molecule has 4 nitrogen and oxygen atoms in total. The monoisotopic (exact) mass is 273 g/mol. The fraction of sp³-hybridized carbons (Fsp3) is 0.200. The number of nitrogens with zero attached hydrogens (tertiary/aromatic N) is 2. The Balaban J connectivity index is 2.30. The number of hydrogen-bond donors (Lipinski definition) is 1. The van der Waals surface area contributed by atoms with Crippen molar-refractivity contribution in [3.63, 3.8) is 0 Å². The van der Waals surface area contributed by atoms with Gasteiger partial charge in [0.05, 0.1) is 0 Å². The molecular formula is C15H16FN3O. The summed E-state index contributed by atoms with van der Waals surface area (Å²) < 4.78 is 13.3. The molecule has 2 aromatic rings. The topological polar surface area (TPSA) is 59.2 Å². The van der Waals surface area contributed by atoms with Crippen LogP contribution in [0.15, 0.2) is 48.7 Å². The number of anilines is 1. The number of carbonyl (C=O) groups excluding carboxylic acids is 1. The van der Waals surface area contributed by atoms with Crippen LogP contribution in [0.2, 0.25) is 0 Å². The van der Waals surface area contributed by atoms with E-state index >= 15 is 0 Å². The number of pyridine rings is 1. The van der Waals surface area contributed by atoms with Crippen LogP contribution in [-0.2, 0) is 0 Å². The normalized spacial score (nSPS) is 10.3. The molecule has 1 aromatic carbocycles. The lowest BCUT2D eigenvalue weighted by Crippen LogP contribution is -2.33. The predicted molar refractivity (Wildman–Crippen MR) is 76.0 cm³/mol. The average molecular weight is 273 g/mol. The van der Waals surface area contributed by atoms with Crippen molar-refractivity contribution in [1.29, 1.82) is 0 Å². The van der Waals surface area contributed by atoms with Gasteiger partial charge in [-0.05, 0) is 43.3 Å². The maximum absolute atomic E-state index is 13.3. The number of nitrogens with two attached hydrogens (primary N) is 1. The van der Waals surface area contributed by atoms with Crippen LogP contribution >= 0.6 is 0 Å². The zero-order valence-electron chi connectivity index (χ0n) is 11.0. The fourth-order valence-electron chi connectivity index (χ4n) is 1.87. The Bertz CT molecular complexity index is 574. The lowest BCUT2D eigenvalue weighted by molar-refractivity contribution is 0.0982. The summed E-state index contributed by atoms with van der Waals surface area (Å²) in [6, 6.07) is 11.1. The SMILES string of the molecule is NCCCN(C(=O)c1ccccn1)c1cccc(F)c1. The molecular weight excluding hydrogens is 257 g/mol. The summed E-state index contributed by atoms with van der Waals surface area (Å²) in [5.74, 6) is -0.640. The summed E-state index contributed by atoms with van der Waals surface area (Å²) in [4.78, 5) is 18.0. The zero-order chi connectivity index (χ0) is 14.4. The first-order chi connectivity index (χ1) is 9.72. The molecule has 20 heavy (non-hydrogen) atoms. The first-order valence-corrected chi connectivity index (χ1v) is 6.41. The van der Waals surface area contributed by atoms with E-state index in [0.717, 1.165) is 0 Å². The minimum absolute atomic E-state index is 0.260. The van der Waals surface area contributed by atoms with E-state index in [4.69, 9.17) is 5.73 Å². The molecule has 0 saturated heterocycles. The maximum atomic E-state index is 13.3. The van der Waals surface area contributed by atoms with Gasteiger partial charge in [-0.2, -0.15) is 0 Å². The van der Waals surface area contributed by atoms with Crippen LogP contribution in [-0.4, -0.2) is 24.0 Å². The Morgan fingerprint density at radius 2 is 2.10 bits per heavy atom. The van der Waals surface area contributed by atoms with E-state index in [1.165, 1.54) is 17.0 Å². The second-order valence-electron chi connectivity index (χ2n) is 4.29. The molecule has 5 heteroatoms. The van der Waals surface area contributed by atoms with Crippen molar-refractivity contribution >= 4 is 11.6 Å². The van der Waals surface area contributed by atoms with Crippen molar-refractivity contribution in [2.75, 3.05) is 18.0 Å². The van der Waals surface area contributed by atoms with Gasteiger partial charge in [0, 0.05) is 18.4 Å². The fourth-order valence-corrected chi connectivity index (χ4v) is 1.87. The van der Waals surface area contributed by atoms with E-state index in [-0.39, 0.29) is 11.7 Å². The minimum atomic E-state index is -0.380. The van der Waals surface area contributed by atoms with Crippen LogP contribution in [0.25, 0.3) is 0 Å². The second kappa shape index (κ2) is 6.77. The van der Waals surface area contributed by atoms with Gasteiger partial charge in [0.25, 0.3) is 5.91 Å². The lowest BCUT2D eigenvalue weighted by Gasteiger charge is -2.22. The van der Waals surface area contributed by atoms with E-state index in [2.05, 4.69) is 4.98 Å². The summed E-state index contributed by atoms with van der Waals surface area (Å²) in [6.45, 7) is 0.886. The van der Waals surface area contributed by atoms with E-state index in [1.807, 2.05) is 0 Å². The smallest absolute Gasteiger partial charge is 0.276 e. The number of halogens is 1. The molecule has 0 unspecified atom stereocenters. The number of amides is 1. The highest BCUT2D eigenvalue weighted by Gasteiger charge is 2.18. The van der Waals surface area contributed by atoms with Gasteiger partial charge in [0.15, 0.2) is 0 Å². The lowest BCUT2D eigenvalue weighted by atomic mass is 10.2. The second-order valence-corrected chi connectivity index (χ2v) is 4.29. The van der Waals surface area contributed by atoms with Crippen molar-refractivity contribution in [2.45, 2.75) is 6.42 Å². The number of rotatable bonds is 5.